The molecule has 0 aliphatic rings. The molecule has 0 atom stereocenters. The van der Waals surface area contributed by atoms with Crippen molar-refractivity contribution in [3.05, 3.63) is 79.3 Å². The number of benzene rings is 2. The average molecular weight is 295 g/mol. The number of nitrogens with zero attached hydrogens (tertiary/aromatic N) is 2. The third kappa shape index (κ3) is 5.03. The summed E-state index contributed by atoms with van der Waals surface area (Å²) in [4.78, 5) is 19.0. The Kier molecular flexibility index (Phi) is 5.61. The summed E-state index contributed by atoms with van der Waals surface area (Å²) in [6.07, 6.45) is 0. The summed E-state index contributed by atoms with van der Waals surface area (Å²) in [6, 6.07) is 12.4. The number of nitro benzene ring substituents is 2. The van der Waals surface area contributed by atoms with Crippen molar-refractivity contribution in [2.45, 2.75) is 6.92 Å². The van der Waals surface area contributed by atoms with Crippen LogP contribution in [-0.2, 0) is 0 Å². The SMILES string of the molecule is Cc1cccc(Cl)c1.O=[N+]([O-])c1cccc([N+](=O)[O-])c1. The van der Waals surface area contributed by atoms with Gasteiger partial charge in [-0.2, -0.15) is 0 Å². The normalized spacial score (nSPS) is 9.30. The third-order valence-corrected chi connectivity index (χ3v) is 2.47. The summed E-state index contributed by atoms with van der Waals surface area (Å²) < 4.78 is 0. The largest absolute Gasteiger partial charge is 0.276 e. The third-order valence-electron chi connectivity index (χ3n) is 2.23. The maximum atomic E-state index is 10.2. The monoisotopic (exact) mass is 294 g/mol. The molecule has 0 fully saturated rings. The van der Waals surface area contributed by atoms with Crippen molar-refractivity contribution in [3.8, 4) is 0 Å². The van der Waals surface area contributed by atoms with Crippen LogP contribution >= 0.6 is 11.6 Å². The van der Waals surface area contributed by atoms with Gasteiger partial charge < -0.3 is 0 Å². The van der Waals surface area contributed by atoms with Gasteiger partial charge in [0.05, 0.1) is 15.9 Å². The van der Waals surface area contributed by atoms with Crippen LogP contribution in [-0.4, -0.2) is 9.85 Å². The molecule has 0 radical (unpaired) electrons. The van der Waals surface area contributed by atoms with E-state index in [9.17, 15) is 20.2 Å². The molecule has 0 bridgehead atoms. The molecule has 0 aliphatic carbocycles. The van der Waals surface area contributed by atoms with Gasteiger partial charge in [-0.05, 0) is 30.7 Å². The minimum Gasteiger partial charge on any atom is -0.258 e. The van der Waals surface area contributed by atoms with E-state index in [0.29, 0.717) is 0 Å². The van der Waals surface area contributed by atoms with Crippen LogP contribution in [0.4, 0.5) is 11.4 Å². The molecule has 2 rings (SSSR count). The summed E-state index contributed by atoms with van der Waals surface area (Å²) in [7, 11) is 0. The van der Waals surface area contributed by atoms with Gasteiger partial charge in [0.25, 0.3) is 11.4 Å². The molecule has 0 unspecified atom stereocenters. The zero-order chi connectivity index (χ0) is 15.1. The Hall–Kier alpha value is -2.47. The van der Waals surface area contributed by atoms with Gasteiger partial charge >= 0.3 is 0 Å². The highest BCUT2D eigenvalue weighted by atomic mass is 35.5. The summed E-state index contributed by atoms with van der Waals surface area (Å²) >= 11 is 5.64. The molecule has 0 saturated heterocycles. The first-order valence-electron chi connectivity index (χ1n) is 5.51. The lowest BCUT2D eigenvalue weighted by Gasteiger charge is -1.90. The van der Waals surface area contributed by atoms with E-state index in [-0.39, 0.29) is 11.4 Å². The number of non-ortho nitro benzene ring substituents is 2. The number of halogens is 1. The molecular weight excluding hydrogens is 284 g/mol. The van der Waals surface area contributed by atoms with Crippen LogP contribution in [0.2, 0.25) is 5.02 Å². The van der Waals surface area contributed by atoms with Crippen molar-refractivity contribution >= 4 is 23.0 Å². The molecular formula is C13H11ClN2O4. The van der Waals surface area contributed by atoms with Gasteiger partial charge in [-0.15, -0.1) is 0 Å². The van der Waals surface area contributed by atoms with E-state index >= 15 is 0 Å². The number of hydrogen-bond acceptors (Lipinski definition) is 4. The second-order valence-electron chi connectivity index (χ2n) is 3.83. The number of hydrogen-bond donors (Lipinski definition) is 0. The van der Waals surface area contributed by atoms with Crippen LogP contribution in [0.5, 0.6) is 0 Å². The molecule has 0 heterocycles. The Morgan fingerprint density at radius 1 is 0.900 bits per heavy atom. The molecule has 0 saturated carbocycles. The fourth-order valence-electron chi connectivity index (χ4n) is 1.33. The molecule has 0 aliphatic heterocycles. The Morgan fingerprint density at radius 3 is 1.75 bits per heavy atom. The fraction of sp³-hybridized carbons (Fsp3) is 0.0769. The zero-order valence-electron chi connectivity index (χ0n) is 10.5. The molecule has 0 aromatic heterocycles. The van der Waals surface area contributed by atoms with E-state index in [1.165, 1.54) is 23.8 Å². The summed E-state index contributed by atoms with van der Waals surface area (Å²) in [5, 5.41) is 21.1. The highest BCUT2D eigenvalue weighted by molar-refractivity contribution is 6.30. The zero-order valence-corrected chi connectivity index (χ0v) is 11.3. The predicted molar refractivity (Wildman–Crippen MR) is 75.9 cm³/mol. The van der Waals surface area contributed by atoms with Gasteiger partial charge in [-0.25, -0.2) is 0 Å². The smallest absolute Gasteiger partial charge is 0.258 e. The lowest BCUT2D eigenvalue weighted by atomic mass is 10.2. The van der Waals surface area contributed by atoms with E-state index in [4.69, 9.17) is 11.6 Å². The number of aryl methyl sites for hydroxylation is 1. The summed E-state index contributed by atoms with van der Waals surface area (Å²) in [6.45, 7) is 2.02. The van der Waals surface area contributed by atoms with E-state index in [2.05, 4.69) is 0 Å². The molecule has 0 N–H and O–H groups in total. The Bertz CT molecular complexity index is 585. The lowest BCUT2D eigenvalue weighted by molar-refractivity contribution is -0.394. The van der Waals surface area contributed by atoms with Crippen molar-refractivity contribution in [1.29, 1.82) is 0 Å². The second-order valence-corrected chi connectivity index (χ2v) is 4.27. The standard InChI is InChI=1S/C7H7Cl.C6H4N2O4/c1-6-3-2-4-7(8)5-6;9-7(10)5-2-1-3-6(4-5)8(11)12/h2-5H,1H3;1-4H. The maximum Gasteiger partial charge on any atom is 0.276 e. The van der Waals surface area contributed by atoms with Crippen molar-refractivity contribution in [2.24, 2.45) is 0 Å². The first-order chi connectivity index (χ1) is 9.40. The molecule has 6 nitrogen and oxygen atoms in total. The molecule has 2 aromatic carbocycles. The summed E-state index contributed by atoms with van der Waals surface area (Å²) in [5.74, 6) is 0. The van der Waals surface area contributed by atoms with Gasteiger partial charge in [0.15, 0.2) is 0 Å². The highest BCUT2D eigenvalue weighted by Gasteiger charge is 2.11. The maximum absolute atomic E-state index is 10.2. The summed E-state index contributed by atoms with van der Waals surface area (Å²) in [5.41, 5.74) is 0.658. The predicted octanol–water partition coefficient (Wildman–Crippen LogP) is 4.15. The van der Waals surface area contributed by atoms with E-state index in [0.717, 1.165) is 11.1 Å². The van der Waals surface area contributed by atoms with Crippen LogP contribution in [0.3, 0.4) is 0 Å². The van der Waals surface area contributed by atoms with Gasteiger partial charge in [-0.1, -0.05) is 23.7 Å². The Labute approximate surface area is 119 Å². The first kappa shape index (κ1) is 15.6. The highest BCUT2D eigenvalue weighted by Crippen LogP contribution is 2.18. The first-order valence-corrected chi connectivity index (χ1v) is 5.89. The van der Waals surface area contributed by atoms with Crippen molar-refractivity contribution in [2.75, 3.05) is 0 Å². The number of rotatable bonds is 2. The van der Waals surface area contributed by atoms with Crippen LogP contribution in [0, 0.1) is 27.2 Å². The van der Waals surface area contributed by atoms with Crippen LogP contribution in [0.1, 0.15) is 5.56 Å². The van der Waals surface area contributed by atoms with Crippen LogP contribution in [0.25, 0.3) is 0 Å². The Balaban J connectivity index is 0.000000217. The minimum absolute atomic E-state index is 0.274. The van der Waals surface area contributed by atoms with Gasteiger partial charge in [0.2, 0.25) is 0 Å². The average Bonchev–Trinajstić information content (AvgIpc) is 2.39. The van der Waals surface area contributed by atoms with Crippen molar-refractivity contribution in [3.63, 3.8) is 0 Å². The topological polar surface area (TPSA) is 86.3 Å². The van der Waals surface area contributed by atoms with Crippen molar-refractivity contribution < 1.29 is 9.85 Å². The molecule has 104 valence electrons. The molecule has 7 heteroatoms. The lowest BCUT2D eigenvalue weighted by Crippen LogP contribution is -1.91. The molecule has 0 spiro atoms. The molecule has 2 aromatic rings. The van der Waals surface area contributed by atoms with Crippen molar-refractivity contribution in [1.82, 2.24) is 0 Å². The van der Waals surface area contributed by atoms with E-state index in [1.807, 2.05) is 31.2 Å². The van der Waals surface area contributed by atoms with Gasteiger partial charge in [0, 0.05) is 17.2 Å². The van der Waals surface area contributed by atoms with E-state index < -0.39 is 9.85 Å². The fourth-order valence-corrected chi connectivity index (χ4v) is 1.57. The number of nitro groups is 2. The van der Waals surface area contributed by atoms with Crippen LogP contribution < -0.4 is 0 Å². The van der Waals surface area contributed by atoms with Gasteiger partial charge in [-0.3, -0.25) is 20.2 Å². The van der Waals surface area contributed by atoms with Gasteiger partial charge in [0.1, 0.15) is 0 Å². The quantitative estimate of drug-likeness (QED) is 0.615. The van der Waals surface area contributed by atoms with E-state index in [1.54, 1.807) is 0 Å². The Morgan fingerprint density at radius 2 is 1.40 bits per heavy atom. The molecule has 20 heavy (non-hydrogen) atoms. The van der Waals surface area contributed by atoms with Crippen LogP contribution in [0.15, 0.2) is 48.5 Å². The second kappa shape index (κ2) is 7.20. The minimum atomic E-state index is -0.674. The molecule has 0 amide bonds.